The zero-order valence-electron chi connectivity index (χ0n) is 46.0. The van der Waals surface area contributed by atoms with Gasteiger partial charge in [0.15, 0.2) is 0 Å². The largest absolute Gasteiger partial charge is 0.507 e. The lowest BCUT2D eigenvalue weighted by atomic mass is 9.79. The summed E-state index contributed by atoms with van der Waals surface area (Å²) in [6, 6.07) is 26.0. The van der Waals surface area contributed by atoms with Gasteiger partial charge >= 0.3 is 0 Å². The molecule has 4 heteroatoms. The molecule has 296 valence electrons. The first kappa shape index (κ1) is 28.2. The monoisotopic (exact) mass is 785 g/mol. The van der Waals surface area contributed by atoms with Crippen LogP contribution >= 0.6 is 0 Å². The average Bonchev–Trinajstić information content (AvgIpc) is 3.68. The van der Waals surface area contributed by atoms with E-state index >= 15 is 0 Å². The third kappa shape index (κ3) is 7.72. The second-order valence-corrected chi connectivity index (χ2v) is 18.2. The Morgan fingerprint density at radius 1 is 0.593 bits per heavy atom. The van der Waals surface area contributed by atoms with Crippen molar-refractivity contribution in [3.05, 3.63) is 168 Å². The molecule has 0 aliphatic heterocycles. The van der Waals surface area contributed by atoms with E-state index in [1.807, 2.05) is 131 Å². The lowest BCUT2D eigenvalue weighted by Crippen LogP contribution is -2.17. The normalized spacial score (nSPS) is 15.2. The Balaban J connectivity index is 1.47. The molecule has 0 saturated carbocycles. The first-order valence-electron chi connectivity index (χ1n) is 25.3. The van der Waals surface area contributed by atoms with Gasteiger partial charge in [-0.1, -0.05) is 153 Å². The molecule has 8 aromatic rings. The summed E-state index contributed by atoms with van der Waals surface area (Å²) in [4.78, 5) is 9.85. The topological polar surface area (TPSA) is 50.9 Å². The number of nitrogens with zero attached hydrogens (tertiary/aromatic N) is 3. The van der Waals surface area contributed by atoms with Crippen molar-refractivity contribution >= 4 is 11.0 Å². The predicted molar refractivity (Wildman–Crippen MR) is 249 cm³/mol. The van der Waals surface area contributed by atoms with Crippen LogP contribution in [0.25, 0.3) is 72.7 Å². The number of imidazole rings is 1. The Kier molecular flexibility index (Phi) is 7.10. The fourth-order valence-corrected chi connectivity index (χ4v) is 7.43. The number of rotatable bonds is 6. The van der Waals surface area contributed by atoms with Crippen LogP contribution < -0.4 is 0 Å². The Bertz CT molecular complexity index is 3380. The van der Waals surface area contributed by atoms with Gasteiger partial charge in [-0.05, 0) is 116 Å². The van der Waals surface area contributed by atoms with E-state index in [1.165, 1.54) is 0 Å². The number of benzene rings is 6. The molecule has 0 unspecified atom stereocenters. The summed E-state index contributed by atoms with van der Waals surface area (Å²) in [6.07, 6.45) is -0.539. The van der Waals surface area contributed by atoms with Gasteiger partial charge in [0.2, 0.25) is 0 Å². The summed E-state index contributed by atoms with van der Waals surface area (Å²) >= 11 is 0. The highest BCUT2D eigenvalue weighted by Gasteiger charge is 2.29. The molecule has 0 radical (unpaired) electrons. The molecule has 0 bridgehead atoms. The maximum Gasteiger partial charge on any atom is 0.149 e. The van der Waals surface area contributed by atoms with Crippen LogP contribution in [0.5, 0.6) is 5.75 Å². The van der Waals surface area contributed by atoms with Crippen LogP contribution in [-0.2, 0) is 16.2 Å². The highest BCUT2D eigenvalue weighted by atomic mass is 16.3. The van der Waals surface area contributed by atoms with Crippen LogP contribution in [0.2, 0.25) is 0 Å². The van der Waals surface area contributed by atoms with Crippen LogP contribution in [0.15, 0.2) is 146 Å². The van der Waals surface area contributed by atoms with Crippen molar-refractivity contribution < 1.29 is 20.2 Å². The number of para-hydroxylation sites is 1. The number of fused-ring (bicyclic) bond motifs is 1. The molecule has 2 aromatic heterocycles. The maximum absolute atomic E-state index is 12.4. The van der Waals surface area contributed by atoms with E-state index in [1.54, 1.807) is 12.1 Å². The Hall–Kier alpha value is -6.26. The van der Waals surface area contributed by atoms with Crippen molar-refractivity contribution in [3.8, 4) is 67.5 Å². The minimum absolute atomic E-state index is 0.0251. The van der Waals surface area contributed by atoms with E-state index in [0.717, 1.165) is 16.7 Å². The van der Waals surface area contributed by atoms with Crippen LogP contribution in [-0.4, -0.2) is 19.6 Å². The quantitative estimate of drug-likeness (QED) is 0.183. The van der Waals surface area contributed by atoms with E-state index in [0.29, 0.717) is 55.9 Å². The minimum atomic E-state index is -2.51. The van der Waals surface area contributed by atoms with Gasteiger partial charge < -0.3 is 5.11 Å². The van der Waals surface area contributed by atoms with Gasteiger partial charge in [0.1, 0.15) is 11.6 Å². The summed E-state index contributed by atoms with van der Waals surface area (Å²) in [6.45, 7) is 16.0. The smallest absolute Gasteiger partial charge is 0.149 e. The number of hydrogen-bond acceptors (Lipinski definition) is 3. The van der Waals surface area contributed by atoms with Gasteiger partial charge in [-0.2, -0.15) is 0 Å². The van der Waals surface area contributed by atoms with E-state index in [4.69, 9.17) is 18.7 Å². The molecule has 59 heavy (non-hydrogen) atoms. The van der Waals surface area contributed by atoms with Crippen LogP contribution in [0, 0.1) is 6.85 Å². The van der Waals surface area contributed by atoms with Crippen LogP contribution in [0.4, 0.5) is 0 Å². The number of phenols is 1. The number of aryl methyl sites for hydroxylation is 1. The number of phenolic OH excluding ortho intramolecular Hbond substituents is 1. The molecule has 4 nitrogen and oxygen atoms in total. The zero-order chi connectivity index (χ0) is 51.3. The first-order valence-corrected chi connectivity index (χ1v) is 19.8. The molecule has 1 N–H and O–H groups in total. The van der Waals surface area contributed by atoms with Gasteiger partial charge in [0.25, 0.3) is 0 Å². The van der Waals surface area contributed by atoms with Crippen LogP contribution in [0.1, 0.15) is 99.6 Å². The van der Waals surface area contributed by atoms with Gasteiger partial charge in [-0.3, -0.25) is 9.55 Å². The van der Waals surface area contributed by atoms with Gasteiger partial charge in [0.05, 0.1) is 33.3 Å². The summed E-state index contributed by atoms with van der Waals surface area (Å²) < 4.78 is 97.5. The highest BCUT2D eigenvalue weighted by molar-refractivity contribution is 5.97. The highest BCUT2D eigenvalue weighted by Crippen LogP contribution is 2.45. The Labute approximate surface area is 365 Å². The number of pyridine rings is 1. The van der Waals surface area contributed by atoms with Crippen molar-refractivity contribution in [2.24, 2.45) is 0 Å². The SMILES string of the molecule is [2H]c1nc(-c2cc(-c3cccc4c3nc(-c3cc(C(C)(C)C)cc(C(C)(C)C)c3O)n4-c3ccc(-c4ccccc4)c(C([2H])([2H])[2H])c3)cc(C(C)(C)C)c2)c([2H])c(-c2c([2H])c([2H])c([2H])c([2H])c2[2H])c1[2H]. The molecular formula is C55H55N3O. The zero-order valence-corrected chi connectivity index (χ0v) is 35.0. The van der Waals surface area contributed by atoms with Crippen molar-refractivity contribution in [2.45, 2.75) is 85.4 Å². The molecule has 2 heterocycles. The molecule has 0 amide bonds. The molecule has 0 aliphatic carbocycles. The Morgan fingerprint density at radius 3 is 2.00 bits per heavy atom. The van der Waals surface area contributed by atoms with Gasteiger partial charge in [0, 0.05) is 32.7 Å². The molecule has 0 atom stereocenters. The third-order valence-electron chi connectivity index (χ3n) is 10.8. The first-order chi connectivity index (χ1) is 32.5. The molecule has 0 saturated heterocycles. The second kappa shape index (κ2) is 14.8. The number of aromatic hydroxyl groups is 1. The van der Waals surface area contributed by atoms with Gasteiger partial charge in [-0.15, -0.1) is 0 Å². The Morgan fingerprint density at radius 2 is 1.31 bits per heavy atom. The van der Waals surface area contributed by atoms with Gasteiger partial charge in [-0.25, -0.2) is 4.98 Å². The third-order valence-corrected chi connectivity index (χ3v) is 10.8. The van der Waals surface area contributed by atoms with E-state index < -0.39 is 60.1 Å². The van der Waals surface area contributed by atoms with E-state index in [-0.39, 0.29) is 39.6 Å². The average molecular weight is 785 g/mol. The predicted octanol–water partition coefficient (Wildman–Crippen LogP) is 14.7. The van der Waals surface area contributed by atoms with E-state index in [9.17, 15) is 6.48 Å². The lowest BCUT2D eigenvalue weighted by Gasteiger charge is -2.27. The molecular weight excluding hydrogens is 719 g/mol. The van der Waals surface area contributed by atoms with Crippen molar-refractivity contribution in [3.63, 3.8) is 0 Å². The van der Waals surface area contributed by atoms with E-state index in [2.05, 4.69) is 25.8 Å². The molecule has 0 aliphatic rings. The minimum Gasteiger partial charge on any atom is -0.507 e. The van der Waals surface area contributed by atoms with Crippen molar-refractivity contribution in [1.82, 2.24) is 14.5 Å². The summed E-state index contributed by atoms with van der Waals surface area (Å²) in [5.41, 5.74) is 5.66. The summed E-state index contributed by atoms with van der Waals surface area (Å²) in [5.74, 6) is 0.413. The molecule has 0 spiro atoms. The lowest BCUT2D eigenvalue weighted by molar-refractivity contribution is 0.446. The van der Waals surface area contributed by atoms with Crippen molar-refractivity contribution in [1.29, 1.82) is 0 Å². The standard InChI is InChI=1S/C55H55N3O/c1-35-28-43(24-25-44(35)37-20-15-12-16-21-37)58-49-23-17-22-45(50(49)57-52(58)46-33-42(54(5,6)7)34-47(51(46)59)55(8,9)10)39-29-40(31-41(30-39)53(2,3)4)48-32-38(26-27-56-48)36-18-13-11-14-19-36/h11-34,59H,1-10H3/i1D3,11D,13D,14D,18D,19D,26D,27D,32D. The fourth-order valence-electron chi connectivity index (χ4n) is 7.43. The fraction of sp³-hybridized carbons (Fsp3) is 0.236. The number of aromatic nitrogens is 3. The maximum atomic E-state index is 12.4. The summed E-state index contributed by atoms with van der Waals surface area (Å²) in [7, 11) is 0. The molecule has 6 aromatic carbocycles. The number of hydrogen-bond donors (Lipinski definition) is 1. The molecule has 8 rings (SSSR count). The second-order valence-electron chi connectivity index (χ2n) is 18.2. The summed E-state index contributed by atoms with van der Waals surface area (Å²) in [5, 5.41) is 12.4. The van der Waals surface area contributed by atoms with Crippen LogP contribution in [0.3, 0.4) is 0 Å². The molecule has 0 fully saturated rings. The van der Waals surface area contributed by atoms with Crippen molar-refractivity contribution in [2.75, 3.05) is 0 Å².